The number of alkyl carbamates (subject to hydrolysis) is 1. The largest absolute Gasteiger partial charge is 0.489 e. The fourth-order valence-corrected chi connectivity index (χ4v) is 5.34. The summed E-state index contributed by atoms with van der Waals surface area (Å²) in [5.74, 6) is -0.562. The Labute approximate surface area is 287 Å². The van der Waals surface area contributed by atoms with Crippen LogP contribution in [0, 0.1) is 11.8 Å². The third kappa shape index (κ3) is 13.7. The Morgan fingerprint density at radius 3 is 2.15 bits per heavy atom. The minimum atomic E-state index is -1.07. The number of benzene rings is 3. The molecule has 0 spiro atoms. The fourth-order valence-electron chi connectivity index (χ4n) is 5.13. The van der Waals surface area contributed by atoms with Crippen LogP contribution in [0.25, 0.3) is 0 Å². The van der Waals surface area contributed by atoms with Crippen molar-refractivity contribution >= 4 is 41.0 Å². The van der Waals surface area contributed by atoms with Crippen LogP contribution in [-0.4, -0.2) is 47.0 Å². The van der Waals surface area contributed by atoms with Gasteiger partial charge in [0.15, 0.2) is 5.78 Å². The molecular weight excluding hydrogens is 634 g/mol. The highest BCUT2D eigenvalue weighted by Crippen LogP contribution is 2.29. The zero-order chi connectivity index (χ0) is 35.3. The predicted octanol–water partition coefficient (Wildman–Crippen LogP) is 6.83. The number of carbonyl (C=O) groups excluding carboxylic acids is 3. The molecule has 1 fully saturated rings. The molecule has 10 nitrogen and oxygen atoms in total. The van der Waals surface area contributed by atoms with E-state index in [0.717, 1.165) is 24.0 Å². The molecule has 0 saturated heterocycles. The van der Waals surface area contributed by atoms with Crippen molar-refractivity contribution in [1.29, 1.82) is 0 Å². The summed E-state index contributed by atoms with van der Waals surface area (Å²) in [6.45, 7) is 7.84. The van der Waals surface area contributed by atoms with Gasteiger partial charge in [0.25, 0.3) is 0 Å². The van der Waals surface area contributed by atoms with Crippen molar-refractivity contribution in [3.63, 3.8) is 0 Å². The summed E-state index contributed by atoms with van der Waals surface area (Å²) in [7, 11) is 0. The van der Waals surface area contributed by atoms with Gasteiger partial charge in [0, 0.05) is 35.2 Å². The molecule has 5 N–H and O–H groups in total. The molecule has 48 heavy (non-hydrogen) atoms. The van der Waals surface area contributed by atoms with E-state index in [0.29, 0.717) is 48.0 Å². The number of amides is 2. The molecule has 11 heteroatoms. The molecule has 1 atom stereocenters. The maximum atomic E-state index is 12.8. The van der Waals surface area contributed by atoms with Crippen molar-refractivity contribution in [2.45, 2.75) is 78.0 Å². The quantitative estimate of drug-likeness (QED) is 0.127. The number of ether oxygens (including phenoxy) is 2. The van der Waals surface area contributed by atoms with E-state index in [4.69, 9.17) is 26.8 Å². The normalized spacial score (nSPS) is 16.4. The van der Waals surface area contributed by atoms with E-state index in [9.17, 15) is 24.3 Å². The Morgan fingerprint density at radius 2 is 1.58 bits per heavy atom. The van der Waals surface area contributed by atoms with Crippen molar-refractivity contribution in [2.75, 3.05) is 12.3 Å². The molecule has 0 aliphatic heterocycles. The fraction of sp³-hybridized carbons (Fsp3) is 0.405. The van der Waals surface area contributed by atoms with Crippen molar-refractivity contribution in [2.24, 2.45) is 11.8 Å². The molecule has 0 aromatic heterocycles. The number of nitrogens with two attached hydrogens (primary N) is 1. The number of Topliss-reactive ketones (excluding diaryl/α,β-unsaturated/α-hetero) is 1. The Kier molecular flexibility index (Phi) is 14.3. The summed E-state index contributed by atoms with van der Waals surface area (Å²) in [6, 6.07) is 20.5. The van der Waals surface area contributed by atoms with E-state index in [1.165, 1.54) is 6.92 Å². The smallest absolute Gasteiger partial charge is 0.407 e. The standard InChI is InChI=1S/C29H37ClN2O6.C8H9NO/c1-29(2,3)38-28(36)31-17-20-7-11-22(12-8-20)26(33)32-25(27(34)35)16-19-9-13-24(14-10-19)37-18-21-5-4-6-23(30)15-21;1-6(10)7-2-4-8(9)5-3-7/h4-6,9-10,13-15,20,22,25H,7-8,11-12,16-18H2,1-3H3,(H,31,36)(H,32,33)(H,34,35);2-5H,9H2,1H3/t20?,22?,25-;/m0./s1. The topological polar surface area (TPSA) is 157 Å². The maximum absolute atomic E-state index is 12.8. The molecule has 0 unspecified atom stereocenters. The molecule has 1 aliphatic rings. The molecule has 1 aliphatic carbocycles. The van der Waals surface area contributed by atoms with Crippen LogP contribution < -0.4 is 21.1 Å². The molecule has 0 heterocycles. The number of carboxylic acids is 1. The van der Waals surface area contributed by atoms with Crippen LogP contribution >= 0.6 is 11.6 Å². The molecule has 1 saturated carbocycles. The van der Waals surface area contributed by atoms with E-state index in [1.54, 1.807) is 54.6 Å². The second-order valence-corrected chi connectivity index (χ2v) is 13.4. The molecule has 2 amide bonds. The molecule has 258 valence electrons. The minimum absolute atomic E-state index is 0.0694. The Bertz CT molecular complexity index is 1510. The van der Waals surface area contributed by atoms with Gasteiger partial charge >= 0.3 is 12.1 Å². The SMILES string of the molecule is CC(=O)c1ccc(N)cc1.CC(C)(C)OC(=O)NCC1CCC(C(=O)N[C@@H](Cc2ccc(OCc3cccc(Cl)c3)cc2)C(=O)O)CC1. The number of nitrogens with one attached hydrogen (secondary N) is 2. The number of carboxylic acid groups (broad SMARTS) is 1. The second-order valence-electron chi connectivity index (χ2n) is 12.9. The molecular formula is C37H46ClN3O7. The number of hydrogen-bond acceptors (Lipinski definition) is 7. The van der Waals surface area contributed by atoms with Crippen LogP contribution in [0.3, 0.4) is 0 Å². The van der Waals surface area contributed by atoms with Crippen molar-refractivity contribution in [3.05, 3.63) is 94.5 Å². The molecule has 0 radical (unpaired) electrons. The number of nitrogen functional groups attached to an aromatic ring is 1. The van der Waals surface area contributed by atoms with Crippen LogP contribution in [-0.2, 0) is 27.4 Å². The molecule has 3 aromatic rings. The first-order valence-electron chi connectivity index (χ1n) is 16.0. The Morgan fingerprint density at radius 1 is 0.938 bits per heavy atom. The lowest BCUT2D eigenvalue weighted by Crippen LogP contribution is -2.46. The van der Waals surface area contributed by atoms with Gasteiger partial charge in [0.2, 0.25) is 5.91 Å². The van der Waals surface area contributed by atoms with Crippen molar-refractivity contribution in [3.8, 4) is 5.75 Å². The first-order chi connectivity index (χ1) is 22.7. The van der Waals surface area contributed by atoms with Gasteiger partial charge in [-0.3, -0.25) is 9.59 Å². The zero-order valence-electron chi connectivity index (χ0n) is 28.0. The summed E-state index contributed by atoms with van der Waals surface area (Å²) in [6.07, 6.45) is 2.59. The lowest BCUT2D eigenvalue weighted by atomic mass is 9.81. The first kappa shape index (κ1) is 37.9. The lowest BCUT2D eigenvalue weighted by molar-refractivity contribution is -0.142. The Hall–Kier alpha value is -4.57. The van der Waals surface area contributed by atoms with Gasteiger partial charge in [-0.15, -0.1) is 0 Å². The molecule has 3 aromatic carbocycles. The third-order valence-corrected chi connectivity index (χ3v) is 7.98. The average molecular weight is 680 g/mol. The highest BCUT2D eigenvalue weighted by molar-refractivity contribution is 6.30. The summed E-state index contributed by atoms with van der Waals surface area (Å²) >= 11 is 6.00. The number of anilines is 1. The van der Waals surface area contributed by atoms with E-state index < -0.39 is 23.7 Å². The van der Waals surface area contributed by atoms with Gasteiger partial charge in [-0.1, -0.05) is 35.9 Å². The van der Waals surface area contributed by atoms with E-state index in [-0.39, 0.29) is 29.9 Å². The van der Waals surface area contributed by atoms with Crippen LogP contribution in [0.5, 0.6) is 5.75 Å². The number of carbonyl (C=O) groups is 4. The summed E-state index contributed by atoms with van der Waals surface area (Å²) in [5, 5.41) is 15.9. The number of aliphatic carboxylic acids is 1. The van der Waals surface area contributed by atoms with Gasteiger partial charge < -0.3 is 30.9 Å². The zero-order valence-corrected chi connectivity index (χ0v) is 28.7. The Balaban J connectivity index is 0.000000533. The second kappa shape index (κ2) is 18.1. The number of ketones is 1. The predicted molar refractivity (Wildman–Crippen MR) is 186 cm³/mol. The molecule has 0 bridgehead atoms. The van der Waals surface area contributed by atoms with E-state index >= 15 is 0 Å². The average Bonchev–Trinajstić information content (AvgIpc) is 3.03. The maximum Gasteiger partial charge on any atom is 0.407 e. The van der Waals surface area contributed by atoms with E-state index in [2.05, 4.69) is 10.6 Å². The summed E-state index contributed by atoms with van der Waals surface area (Å²) in [4.78, 5) is 47.3. The van der Waals surface area contributed by atoms with Gasteiger partial charge in [-0.05, 0) is 119 Å². The van der Waals surface area contributed by atoms with Gasteiger partial charge in [-0.2, -0.15) is 0 Å². The summed E-state index contributed by atoms with van der Waals surface area (Å²) in [5.41, 5.74) is 7.99. The highest BCUT2D eigenvalue weighted by Gasteiger charge is 2.30. The van der Waals surface area contributed by atoms with Gasteiger partial charge in [0.1, 0.15) is 24.0 Å². The molecule has 4 rings (SSSR count). The van der Waals surface area contributed by atoms with Crippen LogP contribution in [0.4, 0.5) is 10.5 Å². The lowest BCUT2D eigenvalue weighted by Gasteiger charge is -2.29. The first-order valence-corrected chi connectivity index (χ1v) is 16.4. The van der Waals surface area contributed by atoms with Crippen molar-refractivity contribution < 1.29 is 33.8 Å². The number of hydrogen-bond donors (Lipinski definition) is 4. The summed E-state index contributed by atoms with van der Waals surface area (Å²) < 4.78 is 11.0. The number of halogens is 1. The van der Waals surface area contributed by atoms with Gasteiger partial charge in [-0.25, -0.2) is 9.59 Å². The monoisotopic (exact) mass is 679 g/mol. The van der Waals surface area contributed by atoms with Crippen LogP contribution in [0.15, 0.2) is 72.8 Å². The van der Waals surface area contributed by atoms with Gasteiger partial charge in [0.05, 0.1) is 0 Å². The number of rotatable bonds is 11. The highest BCUT2D eigenvalue weighted by atomic mass is 35.5. The van der Waals surface area contributed by atoms with Crippen LogP contribution in [0.1, 0.15) is 74.9 Å². The van der Waals surface area contributed by atoms with Crippen molar-refractivity contribution in [1.82, 2.24) is 10.6 Å². The van der Waals surface area contributed by atoms with E-state index in [1.807, 2.05) is 39.0 Å². The van der Waals surface area contributed by atoms with Crippen LogP contribution in [0.2, 0.25) is 5.02 Å². The third-order valence-electron chi connectivity index (χ3n) is 7.74. The minimum Gasteiger partial charge on any atom is -0.489 e.